The maximum Gasteiger partial charge on any atom is -0.0379 e. The summed E-state index contributed by atoms with van der Waals surface area (Å²) in [6.07, 6.45) is 9.42. The van der Waals surface area contributed by atoms with Gasteiger partial charge in [0.1, 0.15) is 0 Å². The molecule has 0 aliphatic carbocycles. The summed E-state index contributed by atoms with van der Waals surface area (Å²) in [5.41, 5.74) is 6.42. The summed E-state index contributed by atoms with van der Waals surface area (Å²) >= 11 is 0. The standard InChI is InChI=1S/C5H10.C4H8N/c1-3-5-4-2;1-2-3-4-5/h3,5H,4H2,1-2H3;3-5H,2H2,1H3/q;-1. The Morgan fingerprint density at radius 3 is 1.60 bits per heavy atom. The van der Waals surface area contributed by atoms with Gasteiger partial charge in [-0.15, -0.1) is 6.08 Å². The van der Waals surface area contributed by atoms with Gasteiger partial charge in [-0.05, 0) is 19.8 Å². The molecule has 0 radical (unpaired) electrons. The predicted octanol–water partition coefficient (Wildman–Crippen LogP) is 3.93. The highest BCUT2D eigenvalue weighted by Gasteiger charge is 1.52. The van der Waals surface area contributed by atoms with E-state index in [-0.39, 0.29) is 0 Å². The molecule has 0 amide bonds. The molecule has 0 unspecified atom stereocenters. The molecule has 0 aromatic carbocycles. The average molecular weight is 140 g/mol. The minimum absolute atomic E-state index is 0.976. The van der Waals surface area contributed by atoms with Crippen LogP contribution in [-0.2, 0) is 0 Å². The molecule has 1 nitrogen and oxygen atoms in total. The van der Waals surface area contributed by atoms with Gasteiger partial charge in [-0.2, -0.15) is 6.20 Å². The van der Waals surface area contributed by atoms with E-state index in [4.69, 9.17) is 5.73 Å². The van der Waals surface area contributed by atoms with Gasteiger partial charge in [0.25, 0.3) is 0 Å². The maximum atomic E-state index is 6.42. The first-order valence-corrected chi connectivity index (χ1v) is 3.76. The average Bonchev–Trinajstić information content (AvgIpc) is 1.93. The molecule has 0 aromatic rings. The van der Waals surface area contributed by atoms with Crippen LogP contribution in [0, 0.1) is 0 Å². The molecule has 0 bridgehead atoms. The van der Waals surface area contributed by atoms with E-state index in [1.54, 1.807) is 6.08 Å². The topological polar surface area (TPSA) is 23.8 Å². The lowest BCUT2D eigenvalue weighted by Crippen LogP contribution is -1.43. The van der Waals surface area contributed by atoms with E-state index in [1.807, 2.05) is 13.8 Å². The zero-order valence-corrected chi connectivity index (χ0v) is 7.22. The normalized spacial score (nSPS) is 9.90. The van der Waals surface area contributed by atoms with Crippen LogP contribution < -0.4 is 0 Å². The minimum Gasteiger partial charge on any atom is -0.705 e. The molecule has 0 aliphatic heterocycles. The molecule has 0 aliphatic rings. The van der Waals surface area contributed by atoms with E-state index >= 15 is 0 Å². The van der Waals surface area contributed by atoms with Gasteiger partial charge in [-0.3, -0.25) is 0 Å². The summed E-state index contributed by atoms with van der Waals surface area (Å²) in [4.78, 5) is 0. The van der Waals surface area contributed by atoms with Gasteiger partial charge in [0.15, 0.2) is 0 Å². The third kappa shape index (κ3) is 26.7. The minimum atomic E-state index is 0.976. The van der Waals surface area contributed by atoms with Gasteiger partial charge in [-0.1, -0.05) is 26.0 Å². The van der Waals surface area contributed by atoms with Crippen molar-refractivity contribution in [2.45, 2.75) is 33.6 Å². The molecule has 0 atom stereocenters. The molecule has 0 spiro atoms. The molecule has 10 heavy (non-hydrogen) atoms. The summed E-state index contributed by atoms with van der Waals surface area (Å²) in [6, 6.07) is 0. The largest absolute Gasteiger partial charge is 0.705 e. The summed E-state index contributed by atoms with van der Waals surface area (Å²) in [5.74, 6) is 0. The highest BCUT2D eigenvalue weighted by atomic mass is 14.5. The first kappa shape index (κ1) is 12.0. The van der Waals surface area contributed by atoms with Crippen molar-refractivity contribution in [3.05, 3.63) is 30.2 Å². The molecule has 60 valence electrons. The second-order valence-corrected chi connectivity index (χ2v) is 1.79. The van der Waals surface area contributed by atoms with Gasteiger partial charge in [0, 0.05) is 0 Å². The van der Waals surface area contributed by atoms with E-state index < -0.39 is 0 Å². The van der Waals surface area contributed by atoms with E-state index in [2.05, 4.69) is 19.1 Å². The van der Waals surface area contributed by atoms with Crippen LogP contribution in [0.4, 0.5) is 0 Å². The van der Waals surface area contributed by atoms with Crippen LogP contribution in [-0.4, -0.2) is 0 Å². The number of allylic oxidation sites excluding steroid dienone is 3. The Labute approximate surface area is 64.6 Å². The van der Waals surface area contributed by atoms with Crippen LogP contribution in [0.2, 0.25) is 0 Å². The molecular weight excluding hydrogens is 122 g/mol. The van der Waals surface area contributed by atoms with Gasteiger partial charge in [-0.25, -0.2) is 0 Å². The second-order valence-electron chi connectivity index (χ2n) is 1.79. The molecule has 0 saturated carbocycles. The number of nitrogens with one attached hydrogen (secondary N) is 1. The van der Waals surface area contributed by atoms with Crippen molar-refractivity contribution in [2.75, 3.05) is 0 Å². The quantitative estimate of drug-likeness (QED) is 0.519. The smallest absolute Gasteiger partial charge is 0.0379 e. The Morgan fingerprint density at radius 1 is 1.10 bits per heavy atom. The maximum absolute atomic E-state index is 6.42. The molecular formula is C9H18N-. The third-order valence-corrected chi connectivity index (χ3v) is 0.825. The van der Waals surface area contributed by atoms with Crippen molar-refractivity contribution < 1.29 is 0 Å². The van der Waals surface area contributed by atoms with E-state index in [0.29, 0.717) is 0 Å². The zero-order chi connectivity index (χ0) is 8.24. The van der Waals surface area contributed by atoms with Crippen molar-refractivity contribution >= 4 is 0 Å². The van der Waals surface area contributed by atoms with E-state index in [0.717, 1.165) is 12.8 Å². The van der Waals surface area contributed by atoms with Gasteiger partial charge in [0.2, 0.25) is 0 Å². The van der Waals surface area contributed by atoms with Crippen molar-refractivity contribution in [1.29, 1.82) is 0 Å². The molecule has 0 saturated heterocycles. The van der Waals surface area contributed by atoms with Gasteiger partial charge in [0.05, 0.1) is 0 Å². The van der Waals surface area contributed by atoms with Gasteiger partial charge >= 0.3 is 0 Å². The second kappa shape index (κ2) is 15.7. The SMILES string of the molecule is CC=CCC.CCC=C[NH-]. The lowest BCUT2D eigenvalue weighted by molar-refractivity contribution is 1.22. The predicted molar refractivity (Wildman–Crippen MR) is 48.9 cm³/mol. The first-order valence-electron chi connectivity index (χ1n) is 3.76. The first-order chi connectivity index (χ1) is 4.83. The summed E-state index contributed by atoms with van der Waals surface area (Å²) < 4.78 is 0. The number of hydrogen-bond acceptors (Lipinski definition) is 0. The Bertz CT molecular complexity index is 70.7. The summed E-state index contributed by atoms with van der Waals surface area (Å²) in [7, 11) is 0. The Kier molecular flexibility index (Phi) is 18.9. The van der Waals surface area contributed by atoms with Crippen molar-refractivity contribution in [3.63, 3.8) is 0 Å². The van der Waals surface area contributed by atoms with Crippen LogP contribution in [0.15, 0.2) is 24.4 Å². The van der Waals surface area contributed by atoms with Crippen molar-refractivity contribution in [1.82, 2.24) is 0 Å². The van der Waals surface area contributed by atoms with E-state index in [1.165, 1.54) is 6.20 Å². The lowest BCUT2D eigenvalue weighted by Gasteiger charge is -1.77. The monoisotopic (exact) mass is 140 g/mol. The number of rotatable bonds is 2. The third-order valence-electron chi connectivity index (χ3n) is 0.825. The fourth-order valence-corrected chi connectivity index (χ4v) is 0.354. The summed E-state index contributed by atoms with van der Waals surface area (Å²) in [6.45, 7) is 6.16. The van der Waals surface area contributed by atoms with Crippen LogP contribution in [0.5, 0.6) is 0 Å². The van der Waals surface area contributed by atoms with Crippen molar-refractivity contribution in [3.8, 4) is 0 Å². The fraction of sp³-hybridized carbons (Fsp3) is 0.556. The Balaban J connectivity index is 0. The molecule has 1 N–H and O–H groups in total. The molecule has 1 heteroatoms. The molecule has 0 heterocycles. The lowest BCUT2D eigenvalue weighted by atomic mass is 10.4. The van der Waals surface area contributed by atoms with Crippen LogP contribution in [0.1, 0.15) is 33.6 Å². The zero-order valence-electron chi connectivity index (χ0n) is 7.22. The van der Waals surface area contributed by atoms with Crippen LogP contribution >= 0.6 is 0 Å². The molecule has 0 fully saturated rings. The highest BCUT2D eigenvalue weighted by molar-refractivity contribution is 4.83. The summed E-state index contributed by atoms with van der Waals surface area (Å²) in [5, 5.41) is 0. The Morgan fingerprint density at radius 2 is 1.60 bits per heavy atom. The van der Waals surface area contributed by atoms with Crippen LogP contribution in [0.25, 0.3) is 5.73 Å². The molecule has 0 aromatic heterocycles. The van der Waals surface area contributed by atoms with Gasteiger partial charge < -0.3 is 5.73 Å². The van der Waals surface area contributed by atoms with Crippen molar-refractivity contribution in [2.24, 2.45) is 0 Å². The molecule has 0 rings (SSSR count). The van der Waals surface area contributed by atoms with Crippen LogP contribution in [0.3, 0.4) is 0 Å². The van der Waals surface area contributed by atoms with E-state index in [9.17, 15) is 0 Å². The Hall–Kier alpha value is -0.720. The highest BCUT2D eigenvalue weighted by Crippen LogP contribution is 1.75. The fourth-order valence-electron chi connectivity index (χ4n) is 0.354. The number of hydrogen-bond donors (Lipinski definition) is 0.